The Kier molecular flexibility index (Phi) is 5.81. The maximum Gasteiger partial charge on any atom is 0.417 e. The summed E-state index contributed by atoms with van der Waals surface area (Å²) in [7, 11) is 1.31. The van der Waals surface area contributed by atoms with Crippen molar-refractivity contribution in [2.45, 2.75) is 32.9 Å². The van der Waals surface area contributed by atoms with E-state index in [9.17, 15) is 14.0 Å². The highest BCUT2D eigenvalue weighted by Gasteiger charge is 2.26. The molecule has 0 unspecified atom stereocenters. The van der Waals surface area contributed by atoms with E-state index in [1.165, 1.54) is 31.8 Å². The fourth-order valence-corrected chi connectivity index (χ4v) is 1.95. The number of aldehydes is 1. The topological polar surface area (TPSA) is 94.5 Å². The van der Waals surface area contributed by atoms with Crippen molar-refractivity contribution in [1.29, 1.82) is 0 Å². The van der Waals surface area contributed by atoms with Crippen LogP contribution >= 0.6 is 0 Å². The molecule has 0 aliphatic carbocycles. The Balaban J connectivity index is 2.34. The number of pyridine rings is 1. The third kappa shape index (κ3) is 4.95. The molecule has 0 aliphatic rings. The summed E-state index contributed by atoms with van der Waals surface area (Å²) in [5, 5.41) is 0. The summed E-state index contributed by atoms with van der Waals surface area (Å²) in [5.74, 6) is -0.795. The number of rotatable bonds is 5. The first kappa shape index (κ1) is 19.2. The standard InChI is InChI=1S/C17H19FN4O4/c1-17(2,3)26-16(24)22(15-20-7-12(10-23)8-21-15)9-11-5-13(18)14(25-4)19-6-11/h5-8,10H,9H2,1-4H3. The van der Waals surface area contributed by atoms with Crippen LogP contribution in [0.2, 0.25) is 0 Å². The van der Waals surface area contributed by atoms with Crippen molar-refractivity contribution in [3.8, 4) is 5.88 Å². The van der Waals surface area contributed by atoms with Gasteiger partial charge in [-0.25, -0.2) is 29.0 Å². The second-order valence-electron chi connectivity index (χ2n) is 6.34. The van der Waals surface area contributed by atoms with Gasteiger partial charge in [0.1, 0.15) is 5.60 Å². The molecule has 0 aromatic carbocycles. The van der Waals surface area contributed by atoms with E-state index in [1.807, 2.05) is 0 Å². The van der Waals surface area contributed by atoms with E-state index in [0.29, 0.717) is 11.8 Å². The number of methoxy groups -OCH3 is 1. The zero-order valence-electron chi connectivity index (χ0n) is 14.9. The first-order valence-corrected chi connectivity index (χ1v) is 7.69. The Morgan fingerprint density at radius 3 is 2.38 bits per heavy atom. The fourth-order valence-electron chi connectivity index (χ4n) is 1.95. The molecule has 0 aliphatic heterocycles. The first-order valence-electron chi connectivity index (χ1n) is 7.69. The van der Waals surface area contributed by atoms with Crippen molar-refractivity contribution >= 4 is 18.3 Å². The highest BCUT2D eigenvalue weighted by atomic mass is 19.1. The molecule has 2 aromatic heterocycles. The molecule has 0 bridgehead atoms. The zero-order valence-corrected chi connectivity index (χ0v) is 14.9. The van der Waals surface area contributed by atoms with Gasteiger partial charge in [-0.1, -0.05) is 0 Å². The largest absolute Gasteiger partial charge is 0.479 e. The number of hydrogen-bond acceptors (Lipinski definition) is 7. The average Bonchev–Trinajstić information content (AvgIpc) is 2.58. The number of halogens is 1. The van der Waals surface area contributed by atoms with Crippen molar-refractivity contribution in [2.24, 2.45) is 0 Å². The number of ether oxygens (including phenoxy) is 2. The minimum atomic E-state index is -0.749. The van der Waals surface area contributed by atoms with E-state index in [-0.39, 0.29) is 23.9 Å². The lowest BCUT2D eigenvalue weighted by atomic mass is 10.2. The lowest BCUT2D eigenvalue weighted by Gasteiger charge is -2.26. The van der Waals surface area contributed by atoms with Gasteiger partial charge in [-0.3, -0.25) is 4.79 Å². The Bertz CT molecular complexity index is 790. The van der Waals surface area contributed by atoms with Crippen molar-refractivity contribution in [3.63, 3.8) is 0 Å². The van der Waals surface area contributed by atoms with Gasteiger partial charge in [0.25, 0.3) is 0 Å². The Morgan fingerprint density at radius 1 is 1.23 bits per heavy atom. The van der Waals surface area contributed by atoms with Gasteiger partial charge in [-0.2, -0.15) is 0 Å². The van der Waals surface area contributed by atoms with Crippen LogP contribution < -0.4 is 9.64 Å². The molecule has 1 amide bonds. The predicted octanol–water partition coefficient (Wildman–Crippen LogP) is 2.77. The van der Waals surface area contributed by atoms with Crippen LogP contribution in [-0.4, -0.2) is 40.0 Å². The molecular weight excluding hydrogens is 343 g/mol. The summed E-state index contributed by atoms with van der Waals surface area (Å²) in [6.07, 6.45) is 3.80. The monoisotopic (exact) mass is 362 g/mol. The number of hydrogen-bond donors (Lipinski definition) is 0. The van der Waals surface area contributed by atoms with E-state index in [2.05, 4.69) is 15.0 Å². The molecule has 0 radical (unpaired) electrons. The van der Waals surface area contributed by atoms with Crippen LogP contribution in [0.25, 0.3) is 0 Å². The Hall–Kier alpha value is -3.10. The van der Waals surface area contributed by atoms with Crippen LogP contribution in [0.1, 0.15) is 36.7 Å². The normalized spacial score (nSPS) is 11.0. The van der Waals surface area contributed by atoms with Gasteiger partial charge in [0.15, 0.2) is 12.1 Å². The molecule has 9 heteroatoms. The SMILES string of the molecule is COc1ncc(CN(C(=O)OC(C)(C)C)c2ncc(C=O)cn2)cc1F. The van der Waals surface area contributed by atoms with Crippen molar-refractivity contribution in [2.75, 3.05) is 12.0 Å². The molecule has 8 nitrogen and oxygen atoms in total. The summed E-state index contributed by atoms with van der Waals surface area (Å²) in [5.41, 5.74) is -0.103. The van der Waals surface area contributed by atoms with Crippen LogP contribution in [0, 0.1) is 5.82 Å². The van der Waals surface area contributed by atoms with Gasteiger partial charge >= 0.3 is 6.09 Å². The number of carbonyl (C=O) groups is 2. The van der Waals surface area contributed by atoms with Gasteiger partial charge in [-0.05, 0) is 32.4 Å². The molecule has 0 saturated heterocycles. The highest BCUT2D eigenvalue weighted by molar-refractivity contribution is 5.85. The number of anilines is 1. The molecule has 0 fully saturated rings. The predicted molar refractivity (Wildman–Crippen MR) is 90.6 cm³/mol. The smallest absolute Gasteiger partial charge is 0.417 e. The molecule has 2 aromatic rings. The third-order valence-corrected chi connectivity index (χ3v) is 3.05. The molecule has 26 heavy (non-hydrogen) atoms. The number of aromatic nitrogens is 3. The summed E-state index contributed by atoms with van der Waals surface area (Å²) in [6, 6.07) is 1.20. The summed E-state index contributed by atoms with van der Waals surface area (Å²) < 4.78 is 24.0. The molecule has 2 rings (SSSR count). The van der Waals surface area contributed by atoms with Gasteiger partial charge in [0.2, 0.25) is 11.8 Å². The van der Waals surface area contributed by atoms with Crippen LogP contribution in [0.5, 0.6) is 5.88 Å². The van der Waals surface area contributed by atoms with Gasteiger partial charge in [0, 0.05) is 18.6 Å². The first-order chi connectivity index (χ1) is 12.2. The van der Waals surface area contributed by atoms with E-state index < -0.39 is 17.5 Å². The average molecular weight is 362 g/mol. The lowest BCUT2D eigenvalue weighted by Crippen LogP contribution is -2.37. The maximum atomic E-state index is 13.9. The minimum absolute atomic E-state index is 0.0149. The maximum absolute atomic E-state index is 13.9. The molecule has 0 saturated carbocycles. The van der Waals surface area contributed by atoms with E-state index in [0.717, 1.165) is 4.90 Å². The second-order valence-corrected chi connectivity index (χ2v) is 6.34. The number of amides is 1. The Labute approximate surface area is 150 Å². The molecule has 0 atom stereocenters. The van der Waals surface area contributed by atoms with Crippen LogP contribution in [-0.2, 0) is 11.3 Å². The van der Waals surface area contributed by atoms with E-state index in [4.69, 9.17) is 9.47 Å². The molecular formula is C17H19FN4O4. The summed E-state index contributed by atoms with van der Waals surface area (Å²) in [4.78, 5) is 36.3. The van der Waals surface area contributed by atoms with Crippen LogP contribution in [0.3, 0.4) is 0 Å². The van der Waals surface area contributed by atoms with E-state index in [1.54, 1.807) is 20.8 Å². The fraction of sp³-hybridized carbons (Fsp3) is 0.353. The molecule has 0 spiro atoms. The van der Waals surface area contributed by atoms with Gasteiger partial charge < -0.3 is 9.47 Å². The second kappa shape index (κ2) is 7.85. The molecule has 2 heterocycles. The molecule has 138 valence electrons. The van der Waals surface area contributed by atoms with E-state index >= 15 is 0 Å². The van der Waals surface area contributed by atoms with Crippen LogP contribution in [0.15, 0.2) is 24.7 Å². The number of carbonyl (C=O) groups excluding carboxylic acids is 2. The van der Waals surface area contributed by atoms with Gasteiger partial charge in [-0.15, -0.1) is 0 Å². The quantitative estimate of drug-likeness (QED) is 0.755. The molecule has 0 N–H and O–H groups in total. The Morgan fingerprint density at radius 2 is 1.88 bits per heavy atom. The third-order valence-electron chi connectivity index (χ3n) is 3.05. The summed E-state index contributed by atoms with van der Waals surface area (Å²) in [6.45, 7) is 5.07. The lowest BCUT2D eigenvalue weighted by molar-refractivity contribution is 0.0575. The zero-order chi connectivity index (χ0) is 19.3. The highest BCUT2D eigenvalue weighted by Crippen LogP contribution is 2.20. The van der Waals surface area contributed by atoms with Gasteiger partial charge in [0.05, 0.1) is 19.2 Å². The van der Waals surface area contributed by atoms with Crippen LogP contribution in [0.4, 0.5) is 15.1 Å². The van der Waals surface area contributed by atoms with Crippen molar-refractivity contribution in [1.82, 2.24) is 15.0 Å². The van der Waals surface area contributed by atoms with Crippen molar-refractivity contribution in [3.05, 3.63) is 41.6 Å². The number of nitrogens with zero attached hydrogens (tertiary/aromatic N) is 4. The van der Waals surface area contributed by atoms with Crippen molar-refractivity contribution < 1.29 is 23.5 Å². The summed E-state index contributed by atoms with van der Waals surface area (Å²) >= 11 is 0. The minimum Gasteiger partial charge on any atom is -0.479 e.